The Morgan fingerprint density at radius 1 is 1.29 bits per heavy atom. The number of nitrogens with one attached hydrogen (secondary N) is 3. The van der Waals surface area contributed by atoms with Crippen LogP contribution in [0.5, 0.6) is 0 Å². The number of fused-ring (bicyclic) bond motifs is 1. The highest BCUT2D eigenvalue weighted by atomic mass is 19.4. The summed E-state index contributed by atoms with van der Waals surface area (Å²) in [4.78, 5) is 23.5. The Balaban J connectivity index is 1.85. The average Bonchev–Trinajstić information content (AvgIpc) is 3.35. The van der Waals surface area contributed by atoms with Crippen molar-refractivity contribution in [1.82, 2.24) is 20.1 Å². The van der Waals surface area contributed by atoms with Crippen LogP contribution >= 0.6 is 0 Å². The van der Waals surface area contributed by atoms with E-state index in [1.54, 1.807) is 0 Å². The minimum atomic E-state index is -4.98. The highest BCUT2D eigenvalue weighted by Gasteiger charge is 2.59. The predicted octanol–water partition coefficient (Wildman–Crippen LogP) is 2.06. The summed E-state index contributed by atoms with van der Waals surface area (Å²) in [5.41, 5.74) is -4.47. The van der Waals surface area contributed by atoms with Gasteiger partial charge in [0.2, 0.25) is 5.54 Å². The van der Waals surface area contributed by atoms with Crippen molar-refractivity contribution in [3.8, 4) is 11.8 Å². The second-order valence-electron chi connectivity index (χ2n) is 6.65. The largest absolute Gasteiger partial charge is 0.427 e. The summed E-state index contributed by atoms with van der Waals surface area (Å²) < 4.78 is 57.6. The number of hydrogen-bond donors (Lipinski definition) is 3. The Morgan fingerprint density at radius 2 is 2.04 bits per heavy atom. The monoisotopic (exact) mass is 395 g/mol. The lowest BCUT2D eigenvalue weighted by molar-refractivity contribution is -0.178. The molecule has 2 aliphatic rings. The van der Waals surface area contributed by atoms with Gasteiger partial charge in [0.15, 0.2) is 0 Å². The fourth-order valence-corrected chi connectivity index (χ4v) is 2.94. The molecule has 1 saturated carbocycles. The third-order valence-electron chi connectivity index (χ3n) is 4.57. The molecule has 146 valence electrons. The second-order valence-corrected chi connectivity index (χ2v) is 6.65. The molecular weight excluding hydrogens is 382 g/mol. The van der Waals surface area contributed by atoms with Crippen LogP contribution in [-0.2, 0) is 12.1 Å². The molecule has 4 rings (SSSR count). The molecule has 0 radical (unpaired) electrons. The standard InChI is InChI=1S/C17H13F4N5O2/c18-12-6-11-13(5-10(12)7-26-8-22-25-15(26)28)23-14(27)24-16(11,17(19,20)21)4-3-9-1-2-9/h5-6,8-9H,1-2,7H2,(H,25,28)(H2,23,24,27)/t16-/m0/s1. The Hall–Kier alpha value is -3.29. The minimum absolute atomic E-state index is 0.0873. The molecule has 1 aromatic heterocycles. The molecule has 2 aromatic rings. The van der Waals surface area contributed by atoms with Crippen molar-refractivity contribution in [2.75, 3.05) is 5.32 Å². The van der Waals surface area contributed by atoms with Gasteiger partial charge in [-0.2, -0.15) is 18.3 Å². The van der Waals surface area contributed by atoms with E-state index in [-0.39, 0.29) is 23.7 Å². The fourth-order valence-electron chi connectivity index (χ4n) is 2.94. The summed E-state index contributed by atoms with van der Waals surface area (Å²) in [6.07, 6.45) is -2.47. The van der Waals surface area contributed by atoms with E-state index in [1.807, 2.05) is 5.32 Å². The second kappa shape index (κ2) is 6.12. The van der Waals surface area contributed by atoms with Crippen molar-refractivity contribution in [3.63, 3.8) is 0 Å². The highest BCUT2D eigenvalue weighted by Crippen LogP contribution is 2.45. The van der Waals surface area contributed by atoms with Crippen LogP contribution in [0.1, 0.15) is 24.0 Å². The van der Waals surface area contributed by atoms with Crippen LogP contribution < -0.4 is 16.3 Å². The molecule has 2 heterocycles. The van der Waals surface area contributed by atoms with E-state index in [0.29, 0.717) is 18.9 Å². The van der Waals surface area contributed by atoms with Crippen LogP contribution in [0.15, 0.2) is 23.3 Å². The maximum Gasteiger partial charge on any atom is 0.427 e. The number of benzene rings is 1. The summed E-state index contributed by atoms with van der Waals surface area (Å²) in [7, 11) is 0. The zero-order valence-electron chi connectivity index (χ0n) is 14.2. The molecule has 0 saturated heterocycles. The van der Waals surface area contributed by atoms with Crippen molar-refractivity contribution in [2.24, 2.45) is 5.92 Å². The summed E-state index contributed by atoms with van der Waals surface area (Å²) in [6, 6.07) is 0.660. The predicted molar refractivity (Wildman–Crippen MR) is 88.7 cm³/mol. The molecule has 0 spiro atoms. The van der Waals surface area contributed by atoms with Crippen LogP contribution in [0.3, 0.4) is 0 Å². The van der Waals surface area contributed by atoms with Gasteiger partial charge in [0, 0.05) is 22.7 Å². The Bertz CT molecular complexity index is 1070. The van der Waals surface area contributed by atoms with Crippen LogP contribution in [-0.4, -0.2) is 27.0 Å². The highest BCUT2D eigenvalue weighted by molar-refractivity contribution is 5.95. The van der Waals surface area contributed by atoms with Crippen molar-refractivity contribution >= 4 is 11.7 Å². The van der Waals surface area contributed by atoms with Crippen LogP contribution in [0.25, 0.3) is 0 Å². The molecule has 1 fully saturated rings. The summed E-state index contributed by atoms with van der Waals surface area (Å²) >= 11 is 0. The first-order valence-electron chi connectivity index (χ1n) is 8.31. The van der Waals surface area contributed by atoms with Crippen LogP contribution in [0.4, 0.5) is 28.0 Å². The molecule has 2 amide bonds. The van der Waals surface area contributed by atoms with E-state index >= 15 is 0 Å². The number of aromatic nitrogens is 3. The minimum Gasteiger partial charge on any atom is -0.310 e. The van der Waals surface area contributed by atoms with Crippen molar-refractivity contribution in [2.45, 2.75) is 31.1 Å². The fraction of sp³-hybridized carbons (Fsp3) is 0.353. The number of amides is 2. The molecule has 1 aliphatic carbocycles. The zero-order valence-corrected chi connectivity index (χ0v) is 14.2. The Morgan fingerprint density at radius 3 is 2.64 bits per heavy atom. The topological polar surface area (TPSA) is 91.8 Å². The summed E-state index contributed by atoms with van der Waals surface area (Å²) in [6.45, 7) is -0.273. The molecule has 1 aromatic carbocycles. The molecule has 0 unspecified atom stereocenters. The van der Waals surface area contributed by atoms with Gasteiger partial charge in [-0.05, 0) is 25.0 Å². The van der Waals surface area contributed by atoms with E-state index < -0.39 is 34.8 Å². The Labute approximate surface area is 155 Å². The number of urea groups is 1. The molecule has 7 nitrogen and oxygen atoms in total. The van der Waals surface area contributed by atoms with E-state index in [1.165, 1.54) is 0 Å². The number of H-pyrrole nitrogens is 1. The van der Waals surface area contributed by atoms with Crippen molar-refractivity contribution in [3.05, 3.63) is 45.9 Å². The SMILES string of the molecule is O=C1Nc2cc(Cn3cn[nH]c3=O)c(F)cc2[C@@](C#CC2CC2)(C(F)(F)F)N1. The molecule has 28 heavy (non-hydrogen) atoms. The van der Waals surface area contributed by atoms with Crippen molar-refractivity contribution < 1.29 is 22.4 Å². The van der Waals surface area contributed by atoms with E-state index in [9.17, 15) is 27.2 Å². The third kappa shape index (κ3) is 3.00. The van der Waals surface area contributed by atoms with E-state index in [0.717, 1.165) is 17.0 Å². The number of aromatic amines is 1. The van der Waals surface area contributed by atoms with E-state index in [4.69, 9.17) is 0 Å². The van der Waals surface area contributed by atoms with Gasteiger partial charge in [0.25, 0.3) is 0 Å². The van der Waals surface area contributed by atoms with Gasteiger partial charge in [-0.1, -0.05) is 11.8 Å². The first-order chi connectivity index (χ1) is 13.2. The number of halogens is 4. The van der Waals surface area contributed by atoms with Gasteiger partial charge in [-0.15, -0.1) is 0 Å². The number of alkyl halides is 3. The van der Waals surface area contributed by atoms with Crippen molar-refractivity contribution in [1.29, 1.82) is 0 Å². The summed E-state index contributed by atoms with van der Waals surface area (Å²) in [5.74, 6) is 3.53. The lowest BCUT2D eigenvalue weighted by Crippen LogP contribution is -2.59. The maximum atomic E-state index is 14.6. The number of rotatable bonds is 2. The average molecular weight is 395 g/mol. The number of anilines is 1. The molecule has 11 heteroatoms. The normalized spacial score (nSPS) is 21.2. The van der Waals surface area contributed by atoms with Crippen LogP contribution in [0, 0.1) is 23.6 Å². The Kier molecular flexibility index (Phi) is 3.95. The smallest absolute Gasteiger partial charge is 0.310 e. The van der Waals surface area contributed by atoms with Gasteiger partial charge < -0.3 is 10.6 Å². The number of nitrogens with zero attached hydrogens (tertiary/aromatic N) is 2. The zero-order chi connectivity index (χ0) is 20.1. The first-order valence-corrected chi connectivity index (χ1v) is 8.31. The summed E-state index contributed by atoms with van der Waals surface area (Å²) in [5, 5.41) is 9.72. The quantitative estimate of drug-likeness (QED) is 0.537. The lowest BCUT2D eigenvalue weighted by atomic mass is 9.85. The van der Waals surface area contributed by atoms with E-state index in [2.05, 4.69) is 27.4 Å². The molecule has 1 aliphatic heterocycles. The number of carbonyl (C=O) groups is 1. The maximum absolute atomic E-state index is 14.6. The number of carbonyl (C=O) groups excluding carboxylic acids is 1. The lowest BCUT2D eigenvalue weighted by Gasteiger charge is -2.37. The molecule has 1 atom stereocenters. The van der Waals surface area contributed by atoms with Gasteiger partial charge in [0.1, 0.15) is 12.1 Å². The van der Waals surface area contributed by atoms with Gasteiger partial charge in [0.05, 0.1) is 6.54 Å². The van der Waals surface area contributed by atoms with Gasteiger partial charge >= 0.3 is 17.9 Å². The molecule has 0 bridgehead atoms. The number of hydrogen-bond acceptors (Lipinski definition) is 3. The first kappa shape index (κ1) is 18.1. The van der Waals surface area contributed by atoms with Gasteiger partial charge in [-0.3, -0.25) is 4.57 Å². The van der Waals surface area contributed by atoms with Crippen LogP contribution in [0.2, 0.25) is 0 Å². The molecular formula is C17H13F4N5O2. The third-order valence-corrected chi connectivity index (χ3v) is 4.57. The molecule has 3 N–H and O–H groups in total. The van der Waals surface area contributed by atoms with Gasteiger partial charge in [-0.25, -0.2) is 19.1 Å².